The summed E-state index contributed by atoms with van der Waals surface area (Å²) in [4.78, 5) is 19.8. The predicted octanol–water partition coefficient (Wildman–Crippen LogP) is 2.27. The van der Waals surface area contributed by atoms with Crippen molar-refractivity contribution >= 4 is 23.9 Å². The normalized spacial score (nSPS) is 40.1. The van der Waals surface area contributed by atoms with E-state index in [4.69, 9.17) is 4.74 Å². The lowest BCUT2D eigenvalue weighted by molar-refractivity contribution is -0.141. The molecule has 3 heterocycles. The second-order valence-electron chi connectivity index (χ2n) is 6.51. The van der Waals surface area contributed by atoms with Crippen molar-refractivity contribution in [3.63, 3.8) is 0 Å². The maximum absolute atomic E-state index is 13.1. The minimum Gasteiger partial charge on any atom is -0.378 e. The van der Waals surface area contributed by atoms with Gasteiger partial charge >= 0.3 is 0 Å². The topological polar surface area (TPSA) is 41.9 Å². The Morgan fingerprint density at radius 1 is 1.45 bits per heavy atom. The maximum atomic E-state index is 13.1. The van der Waals surface area contributed by atoms with Crippen LogP contribution in [0.2, 0.25) is 0 Å². The van der Waals surface area contributed by atoms with Crippen LogP contribution in [0.3, 0.4) is 0 Å². The Hall–Kier alpha value is -1.07. The average Bonchev–Trinajstić information content (AvgIpc) is 2.85. The summed E-state index contributed by atoms with van der Waals surface area (Å²) in [6.45, 7) is 5.04. The number of aliphatic imine (C=N–C) groups is 1. The molecule has 2 fully saturated rings. The molecule has 118 valence electrons. The van der Waals surface area contributed by atoms with E-state index in [0.717, 1.165) is 25.9 Å². The lowest BCUT2D eigenvalue weighted by Crippen LogP contribution is -2.48. The Labute approximate surface area is 135 Å². The van der Waals surface area contributed by atoms with Gasteiger partial charge in [0, 0.05) is 24.6 Å². The van der Waals surface area contributed by atoms with E-state index in [1.807, 2.05) is 22.9 Å². The second kappa shape index (κ2) is 5.53. The van der Waals surface area contributed by atoms with Gasteiger partial charge in [0.2, 0.25) is 5.91 Å². The minimum absolute atomic E-state index is 0.0233. The van der Waals surface area contributed by atoms with E-state index in [2.05, 4.69) is 30.1 Å². The summed E-state index contributed by atoms with van der Waals surface area (Å²) >= 11 is 1.97. The number of morpholine rings is 1. The van der Waals surface area contributed by atoms with Crippen molar-refractivity contribution in [3.8, 4) is 0 Å². The van der Waals surface area contributed by atoms with E-state index in [-0.39, 0.29) is 10.7 Å². The van der Waals surface area contributed by atoms with Gasteiger partial charge in [0.15, 0.2) is 0 Å². The van der Waals surface area contributed by atoms with Gasteiger partial charge in [0.25, 0.3) is 0 Å². The molecule has 1 aliphatic carbocycles. The molecule has 4 unspecified atom stereocenters. The zero-order chi connectivity index (χ0) is 15.2. The Morgan fingerprint density at radius 3 is 3.09 bits per heavy atom. The molecule has 0 N–H and O–H groups in total. The molecule has 0 aromatic rings. The number of hydrogen-bond donors (Lipinski definition) is 0. The fraction of sp³-hybridized carbons (Fsp3) is 0.647. The SMILES string of the molecule is CC1SC23CC=CC=C2N=CCC3C1C(=O)N1CCOCC1. The quantitative estimate of drug-likeness (QED) is 0.745. The first-order valence-electron chi connectivity index (χ1n) is 8.16. The molecule has 4 rings (SSSR count). The van der Waals surface area contributed by atoms with Crippen molar-refractivity contribution in [3.05, 3.63) is 23.9 Å². The van der Waals surface area contributed by atoms with Crippen LogP contribution in [-0.2, 0) is 9.53 Å². The number of carbonyl (C=O) groups is 1. The molecule has 3 aliphatic heterocycles. The fourth-order valence-corrected chi connectivity index (χ4v) is 6.30. The Bertz CT molecular complexity index is 565. The van der Waals surface area contributed by atoms with Crippen molar-refractivity contribution in [2.75, 3.05) is 26.3 Å². The van der Waals surface area contributed by atoms with Gasteiger partial charge in [-0.1, -0.05) is 19.1 Å². The standard InChI is InChI=1S/C17H22N2O2S/c1-12-15(16(20)19-8-10-21-11-9-19)13-5-7-18-14-4-2-3-6-17(13,14)22-12/h2-4,7,12-13,15H,5-6,8-11H2,1H3. The molecule has 0 aromatic heterocycles. The number of carbonyl (C=O) groups excluding carboxylic acids is 1. The third-order valence-electron chi connectivity index (χ3n) is 5.38. The van der Waals surface area contributed by atoms with Crippen LogP contribution >= 0.6 is 11.8 Å². The first-order chi connectivity index (χ1) is 10.7. The number of amides is 1. The molecule has 4 nitrogen and oxygen atoms in total. The van der Waals surface area contributed by atoms with Crippen LogP contribution in [-0.4, -0.2) is 53.3 Å². The van der Waals surface area contributed by atoms with Crippen LogP contribution in [0.15, 0.2) is 28.9 Å². The minimum atomic E-state index is 0.0233. The number of thioether (sulfide) groups is 1. The Balaban J connectivity index is 1.64. The summed E-state index contributed by atoms with van der Waals surface area (Å²) < 4.78 is 5.42. The van der Waals surface area contributed by atoms with Gasteiger partial charge in [0.05, 0.1) is 29.6 Å². The molecule has 22 heavy (non-hydrogen) atoms. The Morgan fingerprint density at radius 2 is 2.27 bits per heavy atom. The Kier molecular flexibility index (Phi) is 3.65. The first kappa shape index (κ1) is 14.5. The van der Waals surface area contributed by atoms with Gasteiger partial charge < -0.3 is 9.64 Å². The first-order valence-corrected chi connectivity index (χ1v) is 9.04. The monoisotopic (exact) mass is 318 g/mol. The largest absolute Gasteiger partial charge is 0.378 e. The van der Waals surface area contributed by atoms with Gasteiger partial charge in [-0.25, -0.2) is 0 Å². The molecule has 0 aromatic carbocycles. The van der Waals surface area contributed by atoms with Crippen molar-refractivity contribution in [2.24, 2.45) is 16.8 Å². The van der Waals surface area contributed by atoms with E-state index >= 15 is 0 Å². The van der Waals surface area contributed by atoms with E-state index in [9.17, 15) is 4.79 Å². The van der Waals surface area contributed by atoms with Crippen LogP contribution in [0.1, 0.15) is 19.8 Å². The number of ether oxygens (including phenoxy) is 1. The number of hydrogen-bond acceptors (Lipinski definition) is 4. The number of allylic oxidation sites excluding steroid dienone is 3. The van der Waals surface area contributed by atoms with E-state index in [1.165, 1.54) is 5.70 Å². The summed E-state index contributed by atoms with van der Waals surface area (Å²) in [6.07, 6.45) is 10.4. The van der Waals surface area contributed by atoms with Crippen molar-refractivity contribution in [1.82, 2.24) is 4.90 Å². The molecule has 5 heteroatoms. The maximum Gasteiger partial charge on any atom is 0.227 e. The smallest absolute Gasteiger partial charge is 0.227 e. The van der Waals surface area contributed by atoms with Gasteiger partial charge in [-0.2, -0.15) is 0 Å². The third kappa shape index (κ3) is 2.09. The van der Waals surface area contributed by atoms with Crippen LogP contribution in [0.4, 0.5) is 0 Å². The summed E-state index contributed by atoms with van der Waals surface area (Å²) in [5.74, 6) is 0.802. The molecule has 0 bridgehead atoms. The third-order valence-corrected chi connectivity index (χ3v) is 7.14. The van der Waals surface area contributed by atoms with Crippen molar-refractivity contribution in [1.29, 1.82) is 0 Å². The van der Waals surface area contributed by atoms with E-state index < -0.39 is 0 Å². The molecule has 4 atom stereocenters. The molecule has 4 aliphatic rings. The van der Waals surface area contributed by atoms with Crippen LogP contribution in [0.5, 0.6) is 0 Å². The highest BCUT2D eigenvalue weighted by atomic mass is 32.2. The molecular formula is C17H22N2O2S. The average molecular weight is 318 g/mol. The second-order valence-corrected chi connectivity index (χ2v) is 8.22. The highest BCUT2D eigenvalue weighted by molar-refractivity contribution is 8.01. The molecule has 0 radical (unpaired) electrons. The highest BCUT2D eigenvalue weighted by Crippen LogP contribution is 2.60. The van der Waals surface area contributed by atoms with E-state index in [1.54, 1.807) is 0 Å². The summed E-state index contributed by atoms with van der Waals surface area (Å²) in [6, 6.07) is 0. The van der Waals surface area contributed by atoms with Crippen LogP contribution in [0, 0.1) is 11.8 Å². The molecular weight excluding hydrogens is 296 g/mol. The molecule has 1 amide bonds. The molecule has 2 saturated heterocycles. The van der Waals surface area contributed by atoms with Gasteiger partial charge in [-0.3, -0.25) is 9.79 Å². The van der Waals surface area contributed by atoms with Crippen molar-refractivity contribution < 1.29 is 9.53 Å². The summed E-state index contributed by atoms with van der Waals surface area (Å²) in [5, 5.41) is 0.344. The number of nitrogens with zero attached hydrogens (tertiary/aromatic N) is 2. The molecule has 0 saturated carbocycles. The lowest BCUT2D eigenvalue weighted by Gasteiger charge is -2.40. The highest BCUT2D eigenvalue weighted by Gasteiger charge is 2.58. The van der Waals surface area contributed by atoms with Crippen LogP contribution < -0.4 is 0 Å². The predicted molar refractivity (Wildman–Crippen MR) is 89.1 cm³/mol. The zero-order valence-corrected chi connectivity index (χ0v) is 13.7. The zero-order valence-electron chi connectivity index (χ0n) is 12.9. The van der Waals surface area contributed by atoms with Gasteiger partial charge in [-0.15, -0.1) is 11.8 Å². The van der Waals surface area contributed by atoms with E-state index in [0.29, 0.717) is 30.3 Å². The van der Waals surface area contributed by atoms with Gasteiger partial charge in [-0.05, 0) is 24.8 Å². The van der Waals surface area contributed by atoms with Gasteiger partial charge in [0.1, 0.15) is 0 Å². The van der Waals surface area contributed by atoms with Crippen LogP contribution in [0.25, 0.3) is 0 Å². The fourth-order valence-electron chi connectivity index (χ4n) is 4.33. The lowest BCUT2D eigenvalue weighted by atomic mass is 9.72. The number of rotatable bonds is 1. The molecule has 1 spiro atoms. The van der Waals surface area contributed by atoms with Crippen molar-refractivity contribution in [2.45, 2.75) is 29.8 Å². The summed E-state index contributed by atoms with van der Waals surface area (Å²) in [7, 11) is 0. The summed E-state index contributed by atoms with van der Waals surface area (Å²) in [5.41, 5.74) is 1.17.